The van der Waals surface area contributed by atoms with Crippen molar-refractivity contribution < 1.29 is 8.42 Å². The van der Waals surface area contributed by atoms with Gasteiger partial charge in [0.05, 0.1) is 9.92 Å². The van der Waals surface area contributed by atoms with E-state index in [0.29, 0.717) is 16.6 Å². The second-order valence-electron chi connectivity index (χ2n) is 6.54. The van der Waals surface area contributed by atoms with E-state index >= 15 is 0 Å². The van der Waals surface area contributed by atoms with Crippen LogP contribution in [0.3, 0.4) is 0 Å². The summed E-state index contributed by atoms with van der Waals surface area (Å²) < 4.78 is 29.3. The maximum atomic E-state index is 13.4. The van der Waals surface area contributed by atoms with Crippen molar-refractivity contribution >= 4 is 53.7 Å². The van der Waals surface area contributed by atoms with Crippen molar-refractivity contribution in [2.75, 3.05) is 29.8 Å². The zero-order valence-corrected chi connectivity index (χ0v) is 18.0. The number of anilines is 2. The fourth-order valence-corrected chi connectivity index (χ4v) is 6.17. The molecule has 1 heterocycles. The van der Waals surface area contributed by atoms with Crippen molar-refractivity contribution in [3.63, 3.8) is 0 Å². The molecule has 0 fully saturated rings. The van der Waals surface area contributed by atoms with Gasteiger partial charge in [0.1, 0.15) is 5.00 Å². The van der Waals surface area contributed by atoms with Crippen molar-refractivity contribution in [2.45, 2.75) is 24.7 Å². The quantitative estimate of drug-likeness (QED) is 0.496. The van der Waals surface area contributed by atoms with Crippen LogP contribution in [0.1, 0.15) is 19.8 Å². The molecule has 0 N–H and O–H groups in total. The number of thiophene rings is 1. The third-order valence-corrected chi connectivity index (χ3v) is 8.02. The van der Waals surface area contributed by atoms with Gasteiger partial charge in [-0.05, 0) is 36.8 Å². The molecule has 1 aromatic heterocycles. The number of fused-ring (bicyclic) bond motifs is 1. The Labute approximate surface area is 170 Å². The van der Waals surface area contributed by atoms with E-state index < -0.39 is 10.0 Å². The number of unbranched alkanes of at least 4 members (excludes halogenated alkanes) is 1. The second kappa shape index (κ2) is 8.09. The lowest BCUT2D eigenvalue weighted by Crippen LogP contribution is -2.31. The predicted molar refractivity (Wildman–Crippen MR) is 117 cm³/mol. The Kier molecular flexibility index (Phi) is 5.99. The highest BCUT2D eigenvalue weighted by molar-refractivity contribution is 7.93. The fraction of sp³-hybridized carbons (Fsp3) is 0.300. The normalized spacial score (nSPS) is 11.7. The number of benzene rings is 2. The molecule has 27 heavy (non-hydrogen) atoms. The van der Waals surface area contributed by atoms with E-state index in [1.807, 2.05) is 62.3 Å². The van der Waals surface area contributed by atoms with Gasteiger partial charge in [-0.15, -0.1) is 11.3 Å². The minimum absolute atomic E-state index is 0.276. The topological polar surface area (TPSA) is 40.6 Å². The van der Waals surface area contributed by atoms with Crippen molar-refractivity contribution in [3.05, 3.63) is 53.6 Å². The first-order chi connectivity index (χ1) is 12.9. The number of rotatable bonds is 7. The molecule has 7 heteroatoms. The smallest absolute Gasteiger partial charge is 0.264 e. The van der Waals surface area contributed by atoms with Crippen LogP contribution in [0.25, 0.3) is 10.1 Å². The average molecular weight is 423 g/mol. The summed E-state index contributed by atoms with van der Waals surface area (Å²) in [6.07, 6.45) is 1.66. The highest BCUT2D eigenvalue weighted by Crippen LogP contribution is 2.43. The van der Waals surface area contributed by atoms with Gasteiger partial charge in [-0.1, -0.05) is 43.1 Å². The van der Waals surface area contributed by atoms with Crippen LogP contribution in [0, 0.1) is 0 Å². The van der Waals surface area contributed by atoms with Gasteiger partial charge < -0.3 is 4.90 Å². The van der Waals surface area contributed by atoms with Crippen molar-refractivity contribution in [1.82, 2.24) is 0 Å². The van der Waals surface area contributed by atoms with Gasteiger partial charge in [0.25, 0.3) is 10.0 Å². The SMILES string of the molecule is CCCCN(c1sc2ccccc2c1Cl)S(=O)(=O)c1ccc(N(C)C)cc1. The van der Waals surface area contributed by atoms with Crippen LogP contribution in [0.4, 0.5) is 10.7 Å². The standard InChI is InChI=1S/C20H23ClN2O2S2/c1-4-5-14-23(20-19(21)17-8-6-7-9-18(17)26-20)27(24,25)16-12-10-15(11-13-16)22(2)3/h6-13H,4-5,14H2,1-3H3. The molecule has 4 nitrogen and oxygen atoms in total. The molecule has 3 rings (SSSR count). The van der Waals surface area contributed by atoms with Crippen LogP contribution in [0.2, 0.25) is 5.02 Å². The van der Waals surface area contributed by atoms with Crippen LogP contribution >= 0.6 is 22.9 Å². The molecule has 0 spiro atoms. The molecular formula is C20H23ClN2O2S2. The van der Waals surface area contributed by atoms with Gasteiger partial charge in [-0.25, -0.2) is 8.42 Å². The van der Waals surface area contributed by atoms with Gasteiger partial charge in [-0.3, -0.25) is 4.31 Å². The summed E-state index contributed by atoms with van der Waals surface area (Å²) >= 11 is 8.01. The number of halogens is 1. The molecule has 0 saturated heterocycles. The molecular weight excluding hydrogens is 400 g/mol. The largest absolute Gasteiger partial charge is 0.378 e. The summed E-state index contributed by atoms with van der Waals surface area (Å²) in [6, 6.07) is 14.7. The Morgan fingerprint density at radius 1 is 1.04 bits per heavy atom. The molecule has 0 aliphatic rings. The lowest BCUT2D eigenvalue weighted by Gasteiger charge is -2.23. The molecule has 0 unspecified atom stereocenters. The molecule has 0 atom stereocenters. The maximum Gasteiger partial charge on any atom is 0.264 e. The molecule has 0 radical (unpaired) electrons. The zero-order chi connectivity index (χ0) is 19.6. The van der Waals surface area contributed by atoms with Crippen LogP contribution in [0.5, 0.6) is 0 Å². The van der Waals surface area contributed by atoms with Gasteiger partial charge in [0.15, 0.2) is 0 Å². The molecule has 3 aromatic rings. The number of nitrogens with zero attached hydrogens (tertiary/aromatic N) is 2. The molecule has 0 saturated carbocycles. The first kappa shape index (κ1) is 20.0. The lowest BCUT2D eigenvalue weighted by molar-refractivity contribution is 0.589. The molecule has 0 amide bonds. The molecule has 2 aromatic carbocycles. The highest BCUT2D eigenvalue weighted by Gasteiger charge is 2.28. The maximum absolute atomic E-state index is 13.4. The first-order valence-electron chi connectivity index (χ1n) is 8.83. The van der Waals surface area contributed by atoms with Gasteiger partial charge in [-0.2, -0.15) is 0 Å². The number of hydrogen-bond acceptors (Lipinski definition) is 4. The summed E-state index contributed by atoms with van der Waals surface area (Å²) in [5.74, 6) is 0. The lowest BCUT2D eigenvalue weighted by atomic mass is 10.2. The third-order valence-electron chi connectivity index (χ3n) is 4.40. The summed E-state index contributed by atoms with van der Waals surface area (Å²) in [4.78, 5) is 2.21. The number of sulfonamides is 1. The van der Waals surface area contributed by atoms with Gasteiger partial charge in [0.2, 0.25) is 0 Å². The van der Waals surface area contributed by atoms with Crippen LogP contribution in [-0.4, -0.2) is 29.1 Å². The van der Waals surface area contributed by atoms with Crippen molar-refractivity contribution in [2.24, 2.45) is 0 Å². The Balaban J connectivity index is 2.08. The molecule has 0 aliphatic carbocycles. The number of hydrogen-bond donors (Lipinski definition) is 0. The summed E-state index contributed by atoms with van der Waals surface area (Å²) in [7, 11) is 0.151. The van der Waals surface area contributed by atoms with E-state index in [1.165, 1.54) is 15.6 Å². The first-order valence-corrected chi connectivity index (χ1v) is 11.5. The van der Waals surface area contributed by atoms with Crippen LogP contribution in [-0.2, 0) is 10.0 Å². The summed E-state index contributed by atoms with van der Waals surface area (Å²) in [5.41, 5.74) is 0.953. The van der Waals surface area contributed by atoms with E-state index in [2.05, 4.69) is 0 Å². The van der Waals surface area contributed by atoms with E-state index in [9.17, 15) is 8.42 Å². The van der Waals surface area contributed by atoms with Gasteiger partial charge >= 0.3 is 0 Å². The Hall–Kier alpha value is -1.76. The molecule has 144 valence electrons. The average Bonchev–Trinajstić information content (AvgIpc) is 2.99. The molecule has 0 aliphatic heterocycles. The molecule has 0 bridgehead atoms. The monoisotopic (exact) mass is 422 g/mol. The minimum atomic E-state index is -3.70. The Morgan fingerprint density at radius 2 is 1.70 bits per heavy atom. The Bertz CT molecular complexity index is 1030. The zero-order valence-electron chi connectivity index (χ0n) is 15.6. The minimum Gasteiger partial charge on any atom is -0.378 e. The predicted octanol–water partition coefficient (Wildman–Crippen LogP) is 5.62. The summed E-state index contributed by atoms with van der Waals surface area (Å²) in [6.45, 7) is 2.45. The second-order valence-corrected chi connectivity index (χ2v) is 9.81. The fourth-order valence-electron chi connectivity index (χ4n) is 2.84. The van der Waals surface area contributed by atoms with E-state index in [4.69, 9.17) is 11.6 Å². The van der Waals surface area contributed by atoms with Crippen molar-refractivity contribution in [1.29, 1.82) is 0 Å². The highest BCUT2D eigenvalue weighted by atomic mass is 35.5. The van der Waals surface area contributed by atoms with Crippen molar-refractivity contribution in [3.8, 4) is 0 Å². The Morgan fingerprint density at radius 3 is 2.30 bits per heavy atom. The van der Waals surface area contributed by atoms with E-state index in [-0.39, 0.29) is 4.90 Å². The van der Waals surface area contributed by atoms with E-state index in [1.54, 1.807) is 12.1 Å². The van der Waals surface area contributed by atoms with Crippen LogP contribution in [0.15, 0.2) is 53.4 Å². The third kappa shape index (κ3) is 3.93. The van der Waals surface area contributed by atoms with E-state index in [0.717, 1.165) is 28.6 Å². The van der Waals surface area contributed by atoms with Gasteiger partial charge in [0, 0.05) is 36.4 Å². The summed E-state index contributed by atoms with van der Waals surface area (Å²) in [5, 5.41) is 1.97. The van der Waals surface area contributed by atoms with Crippen LogP contribution < -0.4 is 9.21 Å².